The Morgan fingerprint density at radius 3 is 1.83 bits per heavy atom. The fourth-order valence-corrected chi connectivity index (χ4v) is 3.49. The first-order valence-electron chi connectivity index (χ1n) is 9.60. The average Bonchev–Trinajstić information content (AvgIpc) is 2.70. The zero-order chi connectivity index (χ0) is 23.1. The maximum atomic E-state index is 12.7. The number of halogens is 1. The predicted molar refractivity (Wildman–Crippen MR) is 121 cm³/mol. The Kier molecular flexibility index (Phi) is 9.59. The second-order valence-corrected chi connectivity index (χ2v) is 8.34. The van der Waals surface area contributed by atoms with Crippen LogP contribution in [0.1, 0.15) is 19.4 Å². The fraction of sp³-hybridized carbons (Fsp3) is 0.478. The Morgan fingerprint density at radius 2 is 1.47 bits per heavy atom. The van der Waals surface area contributed by atoms with E-state index in [1.165, 1.54) is 14.2 Å². The van der Waals surface area contributed by atoms with E-state index in [1.807, 2.05) is 63.2 Å². The molecule has 1 rings (SSSR count). The highest BCUT2D eigenvalue weighted by atomic mass is 35.5. The molecule has 0 aliphatic rings. The number of carbonyl (C=O) groups excluding carboxylic acids is 2. The molecule has 0 bridgehead atoms. The van der Waals surface area contributed by atoms with Crippen molar-refractivity contribution in [2.45, 2.75) is 13.8 Å². The van der Waals surface area contributed by atoms with Crippen LogP contribution in [0.25, 0.3) is 5.57 Å². The number of likely N-dealkylation sites (N-methyl/N-ethyl adjacent to an activating group) is 2. The van der Waals surface area contributed by atoms with Gasteiger partial charge < -0.3 is 19.3 Å². The molecule has 0 amide bonds. The van der Waals surface area contributed by atoms with Gasteiger partial charge in [-0.05, 0) is 30.8 Å². The Balaban J connectivity index is 4.21. The molecule has 0 saturated carbocycles. The van der Waals surface area contributed by atoms with Crippen molar-refractivity contribution >= 4 is 29.1 Å². The summed E-state index contributed by atoms with van der Waals surface area (Å²) in [6.07, 6.45) is 0. The van der Waals surface area contributed by atoms with Crippen LogP contribution in [0.3, 0.4) is 0 Å². The minimum atomic E-state index is -0.752. The van der Waals surface area contributed by atoms with Crippen LogP contribution in [0, 0.1) is 5.41 Å². The Labute approximate surface area is 185 Å². The van der Waals surface area contributed by atoms with E-state index in [-0.39, 0.29) is 5.57 Å². The molecule has 6 nitrogen and oxygen atoms in total. The maximum absolute atomic E-state index is 12.7. The molecule has 0 N–H and O–H groups in total. The van der Waals surface area contributed by atoms with Gasteiger partial charge in [0.25, 0.3) is 0 Å². The Morgan fingerprint density at radius 1 is 0.967 bits per heavy atom. The molecule has 0 aliphatic heterocycles. The van der Waals surface area contributed by atoms with Crippen molar-refractivity contribution in [3.63, 3.8) is 0 Å². The van der Waals surface area contributed by atoms with Crippen molar-refractivity contribution in [2.75, 3.05) is 54.8 Å². The smallest absolute Gasteiger partial charge is 0.347 e. The third-order valence-electron chi connectivity index (χ3n) is 4.60. The number of rotatable bonds is 9. The van der Waals surface area contributed by atoms with Crippen molar-refractivity contribution in [3.8, 4) is 0 Å². The predicted octanol–water partition coefficient (Wildman–Crippen LogP) is 3.43. The Bertz CT molecular complexity index is 794. The van der Waals surface area contributed by atoms with Gasteiger partial charge in [0.05, 0.1) is 19.9 Å². The van der Waals surface area contributed by atoms with E-state index in [4.69, 9.17) is 21.1 Å². The summed E-state index contributed by atoms with van der Waals surface area (Å²) in [5.41, 5.74) is 2.55. The van der Waals surface area contributed by atoms with Crippen LogP contribution in [0.15, 0.2) is 47.2 Å². The third-order valence-corrected chi connectivity index (χ3v) is 5.27. The molecule has 0 fully saturated rings. The SMILES string of the molecule is COC(=O)C(C(=O)OC)=C(/C(CN(C)C)=C(/c1ccccc1)C(C)(C)CCl)N(C)C. The molecule has 30 heavy (non-hydrogen) atoms. The molecule has 0 aromatic heterocycles. The lowest BCUT2D eigenvalue weighted by atomic mass is 9.77. The molecule has 0 spiro atoms. The van der Waals surface area contributed by atoms with Crippen molar-refractivity contribution < 1.29 is 19.1 Å². The number of esters is 2. The number of nitrogens with zero attached hydrogens (tertiary/aromatic N) is 2. The van der Waals surface area contributed by atoms with Gasteiger partial charge in [-0.25, -0.2) is 9.59 Å². The van der Waals surface area contributed by atoms with Crippen LogP contribution < -0.4 is 0 Å². The summed E-state index contributed by atoms with van der Waals surface area (Å²) in [6.45, 7) is 4.55. The number of benzene rings is 1. The summed E-state index contributed by atoms with van der Waals surface area (Å²) < 4.78 is 9.86. The first-order chi connectivity index (χ1) is 14.0. The highest BCUT2D eigenvalue weighted by molar-refractivity contribution is 6.19. The van der Waals surface area contributed by atoms with E-state index in [2.05, 4.69) is 0 Å². The molecule has 0 aliphatic carbocycles. The largest absolute Gasteiger partial charge is 0.465 e. The number of ether oxygens (including phenoxy) is 2. The third kappa shape index (κ3) is 6.09. The van der Waals surface area contributed by atoms with Gasteiger partial charge in [0.2, 0.25) is 0 Å². The van der Waals surface area contributed by atoms with Crippen LogP contribution in [-0.4, -0.2) is 76.6 Å². The second-order valence-electron chi connectivity index (χ2n) is 8.08. The van der Waals surface area contributed by atoms with E-state index >= 15 is 0 Å². The molecule has 0 radical (unpaired) electrons. The fourth-order valence-electron chi connectivity index (χ4n) is 3.36. The zero-order valence-corrected chi connectivity index (χ0v) is 20.0. The number of allylic oxidation sites excluding steroid dienone is 1. The molecule has 0 unspecified atom stereocenters. The maximum Gasteiger partial charge on any atom is 0.347 e. The average molecular weight is 437 g/mol. The number of hydrogen-bond donors (Lipinski definition) is 0. The molecule has 7 heteroatoms. The lowest BCUT2D eigenvalue weighted by Gasteiger charge is -2.34. The standard InChI is InChI=1S/C23H33ClN2O4/c1-23(2,15-24)19(16-12-10-9-11-13-16)17(14-25(3)4)20(26(5)6)18(21(27)29-7)22(28)30-8/h9-13H,14-15H2,1-8H3/b19-17-. The van der Waals surface area contributed by atoms with Crippen molar-refractivity contribution in [1.82, 2.24) is 9.80 Å². The monoisotopic (exact) mass is 436 g/mol. The first-order valence-corrected chi connectivity index (χ1v) is 10.1. The van der Waals surface area contributed by atoms with Crippen LogP contribution in [0.4, 0.5) is 0 Å². The summed E-state index contributed by atoms with van der Waals surface area (Å²) in [4.78, 5) is 29.0. The van der Waals surface area contributed by atoms with Gasteiger partial charge in [-0.3, -0.25) is 0 Å². The van der Waals surface area contributed by atoms with Crippen LogP contribution in [0.2, 0.25) is 0 Å². The molecular formula is C23H33ClN2O4. The number of methoxy groups -OCH3 is 2. The first kappa shape index (κ1) is 25.7. The zero-order valence-electron chi connectivity index (χ0n) is 19.2. The number of hydrogen-bond acceptors (Lipinski definition) is 6. The van der Waals surface area contributed by atoms with Crippen LogP contribution in [0.5, 0.6) is 0 Å². The van der Waals surface area contributed by atoms with Gasteiger partial charge in [-0.15, -0.1) is 11.6 Å². The minimum Gasteiger partial charge on any atom is -0.465 e. The highest BCUT2D eigenvalue weighted by Gasteiger charge is 2.34. The molecule has 0 saturated heterocycles. The van der Waals surface area contributed by atoms with E-state index in [1.54, 1.807) is 19.0 Å². The Hall–Kier alpha value is -2.31. The molecule has 1 aromatic rings. The number of alkyl halides is 1. The van der Waals surface area contributed by atoms with Crippen molar-refractivity contribution in [1.29, 1.82) is 0 Å². The van der Waals surface area contributed by atoms with Gasteiger partial charge in [0.1, 0.15) is 0 Å². The van der Waals surface area contributed by atoms with E-state index in [9.17, 15) is 9.59 Å². The summed E-state index contributed by atoms with van der Waals surface area (Å²) in [6, 6.07) is 9.85. The summed E-state index contributed by atoms with van der Waals surface area (Å²) >= 11 is 6.40. The van der Waals surface area contributed by atoms with E-state index < -0.39 is 17.4 Å². The van der Waals surface area contributed by atoms with Crippen LogP contribution >= 0.6 is 11.6 Å². The summed E-state index contributed by atoms with van der Waals surface area (Å²) in [5.74, 6) is -1.16. The van der Waals surface area contributed by atoms with Crippen LogP contribution in [-0.2, 0) is 19.1 Å². The van der Waals surface area contributed by atoms with Crippen molar-refractivity contribution in [3.05, 3.63) is 52.7 Å². The topological polar surface area (TPSA) is 59.1 Å². The molecule has 166 valence electrons. The second kappa shape index (κ2) is 11.2. The summed E-state index contributed by atoms with van der Waals surface area (Å²) in [5, 5.41) is 0. The molecule has 1 aromatic carbocycles. The highest BCUT2D eigenvalue weighted by Crippen LogP contribution is 2.41. The van der Waals surface area contributed by atoms with E-state index in [0.29, 0.717) is 18.1 Å². The lowest BCUT2D eigenvalue weighted by molar-refractivity contribution is -0.144. The lowest BCUT2D eigenvalue weighted by Crippen LogP contribution is -2.31. The molecule has 0 heterocycles. The van der Waals surface area contributed by atoms with Gasteiger partial charge in [-0.1, -0.05) is 44.2 Å². The van der Waals surface area contributed by atoms with Gasteiger partial charge in [0, 0.05) is 31.9 Å². The summed E-state index contributed by atoms with van der Waals surface area (Å²) in [7, 11) is 9.92. The molecule has 0 atom stereocenters. The normalized spacial score (nSPS) is 12.2. The number of carbonyl (C=O) groups is 2. The van der Waals surface area contributed by atoms with E-state index in [0.717, 1.165) is 16.7 Å². The van der Waals surface area contributed by atoms with Gasteiger partial charge >= 0.3 is 11.9 Å². The van der Waals surface area contributed by atoms with Crippen molar-refractivity contribution in [2.24, 2.45) is 5.41 Å². The minimum absolute atomic E-state index is 0.152. The quantitative estimate of drug-likeness (QED) is 0.148. The molecular weight excluding hydrogens is 404 g/mol. The van der Waals surface area contributed by atoms with Gasteiger partial charge in [0.15, 0.2) is 5.57 Å². The van der Waals surface area contributed by atoms with Gasteiger partial charge in [-0.2, -0.15) is 0 Å².